The number of rotatable bonds is 9. The van der Waals surface area contributed by atoms with E-state index in [1.165, 1.54) is 99.1 Å². The van der Waals surface area contributed by atoms with E-state index in [-0.39, 0.29) is 0 Å². The Balaban J connectivity index is 1.06. The molecule has 342 valence electrons. The molecule has 0 fully saturated rings. The molecule has 4 heteroatoms. The average molecular weight is 927 g/mol. The van der Waals surface area contributed by atoms with Crippen molar-refractivity contribution < 1.29 is 18.9 Å². The van der Waals surface area contributed by atoms with E-state index in [4.69, 9.17) is 18.9 Å². The quantitative estimate of drug-likeness (QED) is 0.145. The van der Waals surface area contributed by atoms with Gasteiger partial charge in [-0.15, -0.1) is 0 Å². The molecule has 0 aliphatic heterocycles. The summed E-state index contributed by atoms with van der Waals surface area (Å²) >= 11 is 0. The summed E-state index contributed by atoms with van der Waals surface area (Å²) in [5, 5.41) is 9.67. The summed E-state index contributed by atoms with van der Waals surface area (Å²) in [7, 11) is 6.99. The summed E-state index contributed by atoms with van der Waals surface area (Å²) in [5.41, 5.74) is 21.4. The van der Waals surface area contributed by atoms with Crippen LogP contribution in [-0.4, -0.2) is 28.4 Å². The van der Waals surface area contributed by atoms with Gasteiger partial charge in [0.05, 0.1) is 28.4 Å². The third-order valence-electron chi connectivity index (χ3n) is 15.4. The lowest BCUT2D eigenvalue weighted by molar-refractivity contribution is 0.415. The number of methoxy groups -OCH3 is 4. The van der Waals surface area contributed by atoms with Gasteiger partial charge in [0.2, 0.25) is 0 Å². The lowest BCUT2D eigenvalue weighted by atomic mass is 9.82. The van der Waals surface area contributed by atoms with Crippen LogP contribution in [0.1, 0.15) is 0 Å². The molecule has 72 heavy (non-hydrogen) atoms. The molecule has 12 aromatic rings. The Morgan fingerprint density at radius 2 is 0.514 bits per heavy atom. The van der Waals surface area contributed by atoms with E-state index >= 15 is 0 Å². The molecule has 0 spiro atoms. The lowest BCUT2D eigenvalue weighted by Gasteiger charge is -2.22. The minimum Gasteiger partial charge on any atom is -0.497 e. The molecule has 0 unspecified atom stereocenters. The molecular formula is C68H46O4. The molecule has 0 bridgehead atoms. The summed E-state index contributed by atoms with van der Waals surface area (Å²) in [5.74, 6) is 3.34. The zero-order valence-corrected chi connectivity index (χ0v) is 40.3. The van der Waals surface area contributed by atoms with Gasteiger partial charge in [-0.2, -0.15) is 0 Å². The number of fused-ring (bicyclic) bond motifs is 8. The van der Waals surface area contributed by atoms with Crippen molar-refractivity contribution in [3.05, 3.63) is 206 Å². The molecule has 14 rings (SSSR count). The molecule has 0 heterocycles. The Morgan fingerprint density at radius 1 is 0.208 bits per heavy atom. The van der Waals surface area contributed by atoms with Crippen molar-refractivity contribution in [3.63, 3.8) is 0 Å². The van der Waals surface area contributed by atoms with E-state index < -0.39 is 0 Å². The van der Waals surface area contributed by atoms with Gasteiger partial charge in [-0.05, 0) is 157 Å². The lowest BCUT2D eigenvalue weighted by Crippen LogP contribution is -1.96. The van der Waals surface area contributed by atoms with Crippen LogP contribution < -0.4 is 18.9 Å². The van der Waals surface area contributed by atoms with Gasteiger partial charge in [0.15, 0.2) is 0 Å². The van der Waals surface area contributed by atoms with E-state index in [2.05, 4.69) is 194 Å². The van der Waals surface area contributed by atoms with Gasteiger partial charge >= 0.3 is 0 Å². The highest BCUT2D eigenvalue weighted by molar-refractivity contribution is 6.32. The Kier molecular flexibility index (Phi) is 9.43. The molecule has 12 aromatic carbocycles. The van der Waals surface area contributed by atoms with Gasteiger partial charge in [-0.1, -0.05) is 170 Å². The summed E-state index contributed by atoms with van der Waals surface area (Å²) in [6.45, 7) is 0. The van der Waals surface area contributed by atoms with Gasteiger partial charge < -0.3 is 18.9 Å². The molecule has 2 aliphatic rings. The van der Waals surface area contributed by atoms with Crippen molar-refractivity contribution in [2.45, 2.75) is 0 Å². The second kappa shape index (κ2) is 16.2. The maximum atomic E-state index is 6.15. The van der Waals surface area contributed by atoms with Crippen molar-refractivity contribution in [1.82, 2.24) is 0 Å². The fourth-order valence-corrected chi connectivity index (χ4v) is 12.4. The van der Waals surface area contributed by atoms with E-state index in [1.54, 1.807) is 28.4 Å². The van der Waals surface area contributed by atoms with Crippen LogP contribution in [0, 0.1) is 0 Å². The minimum absolute atomic E-state index is 0.832. The SMILES string of the molecule is COc1ccc(-c2c3c(c(-c4ccc(OC)cc4)c4ccccc24)-c2ccc(-c4ccc5c6c(cccc46)-c4c-5c(-c5ccccc5OC)c5ccccc5c4-c4ccccc4OC)c4cccc-3c24)cc1. The van der Waals surface area contributed by atoms with Gasteiger partial charge in [0.1, 0.15) is 23.0 Å². The van der Waals surface area contributed by atoms with Crippen LogP contribution in [0.25, 0.3) is 143 Å². The molecule has 0 aromatic heterocycles. The van der Waals surface area contributed by atoms with Crippen LogP contribution >= 0.6 is 0 Å². The molecule has 0 saturated heterocycles. The molecule has 0 radical (unpaired) electrons. The molecule has 0 N–H and O–H groups in total. The summed E-state index contributed by atoms with van der Waals surface area (Å²) < 4.78 is 23.6. The van der Waals surface area contributed by atoms with E-state index in [0.717, 1.165) is 67.2 Å². The Bertz CT molecular complexity index is 4040. The predicted molar refractivity (Wildman–Crippen MR) is 299 cm³/mol. The van der Waals surface area contributed by atoms with Crippen LogP contribution in [0.15, 0.2) is 206 Å². The summed E-state index contributed by atoms with van der Waals surface area (Å²) in [4.78, 5) is 0. The van der Waals surface area contributed by atoms with Crippen molar-refractivity contribution in [3.8, 4) is 123 Å². The van der Waals surface area contributed by atoms with Crippen LogP contribution in [0.5, 0.6) is 23.0 Å². The van der Waals surface area contributed by atoms with Gasteiger partial charge in [0.25, 0.3) is 0 Å². The fraction of sp³-hybridized carbons (Fsp3) is 0.0588. The Hall–Kier alpha value is -9.12. The van der Waals surface area contributed by atoms with Crippen LogP contribution in [0.4, 0.5) is 0 Å². The molecular weight excluding hydrogens is 881 g/mol. The topological polar surface area (TPSA) is 36.9 Å². The van der Waals surface area contributed by atoms with Crippen molar-refractivity contribution >= 4 is 43.1 Å². The molecule has 2 aliphatic carbocycles. The first-order chi connectivity index (χ1) is 35.6. The van der Waals surface area contributed by atoms with Gasteiger partial charge in [-0.3, -0.25) is 0 Å². The predicted octanol–water partition coefficient (Wildman–Crippen LogP) is 18.0. The number of hydrogen-bond donors (Lipinski definition) is 0. The number of benzene rings is 12. The van der Waals surface area contributed by atoms with Gasteiger partial charge in [0, 0.05) is 22.3 Å². The third kappa shape index (κ3) is 5.87. The molecule has 0 atom stereocenters. The summed E-state index contributed by atoms with van der Waals surface area (Å²) in [6.07, 6.45) is 0. The molecule has 4 nitrogen and oxygen atoms in total. The first-order valence-corrected chi connectivity index (χ1v) is 24.5. The number of hydrogen-bond acceptors (Lipinski definition) is 4. The number of para-hydroxylation sites is 2. The van der Waals surface area contributed by atoms with E-state index in [1.807, 2.05) is 12.1 Å². The smallest absolute Gasteiger partial charge is 0.126 e. The van der Waals surface area contributed by atoms with Gasteiger partial charge in [-0.25, -0.2) is 0 Å². The van der Waals surface area contributed by atoms with E-state index in [9.17, 15) is 0 Å². The highest BCUT2D eigenvalue weighted by atomic mass is 16.5. The zero-order chi connectivity index (χ0) is 48.2. The summed E-state index contributed by atoms with van der Waals surface area (Å²) in [6, 6.07) is 75.0. The maximum absolute atomic E-state index is 6.15. The molecule has 0 saturated carbocycles. The standard InChI is InChI=1S/C68H46O4/c1-69-41-31-27-39(28-32-41)59-47-15-5-6-16-48(47)60(40-29-33-42(70-2)34-30-40)66-55-37-35-43(45-21-13-23-53(61(45)55)65(59)66)44-36-38-56-62-46(44)22-14-24-54(62)67-63(51-19-9-11-25-57(51)71-3)49-17-7-8-18-50(49)64(68(56)67)52-20-10-12-26-58(52)72-4/h5-38H,1-4H3. The first-order valence-electron chi connectivity index (χ1n) is 24.5. The maximum Gasteiger partial charge on any atom is 0.126 e. The van der Waals surface area contributed by atoms with Crippen molar-refractivity contribution in [2.75, 3.05) is 28.4 Å². The van der Waals surface area contributed by atoms with E-state index in [0.29, 0.717) is 0 Å². The largest absolute Gasteiger partial charge is 0.497 e. The minimum atomic E-state index is 0.832. The highest BCUT2D eigenvalue weighted by Gasteiger charge is 2.35. The zero-order valence-electron chi connectivity index (χ0n) is 40.3. The normalized spacial score (nSPS) is 11.9. The number of ether oxygens (including phenoxy) is 4. The monoisotopic (exact) mass is 926 g/mol. The highest BCUT2D eigenvalue weighted by Crippen LogP contribution is 2.62. The first kappa shape index (κ1) is 41.8. The third-order valence-corrected chi connectivity index (χ3v) is 15.4. The van der Waals surface area contributed by atoms with Crippen molar-refractivity contribution in [1.29, 1.82) is 0 Å². The van der Waals surface area contributed by atoms with Crippen LogP contribution in [-0.2, 0) is 0 Å². The Labute approximate surface area is 417 Å². The Morgan fingerprint density at radius 3 is 0.903 bits per heavy atom. The fourth-order valence-electron chi connectivity index (χ4n) is 12.4. The van der Waals surface area contributed by atoms with Crippen LogP contribution in [0.2, 0.25) is 0 Å². The van der Waals surface area contributed by atoms with Crippen molar-refractivity contribution in [2.24, 2.45) is 0 Å². The van der Waals surface area contributed by atoms with Crippen LogP contribution in [0.3, 0.4) is 0 Å². The second-order valence-corrected chi connectivity index (χ2v) is 18.7. The molecule has 0 amide bonds. The second-order valence-electron chi connectivity index (χ2n) is 18.7. The average Bonchev–Trinajstić information content (AvgIpc) is 3.96.